The Balaban J connectivity index is 2.61. The van der Waals surface area contributed by atoms with Gasteiger partial charge in [-0.25, -0.2) is 0 Å². The Morgan fingerprint density at radius 1 is 1.38 bits per heavy atom. The molecule has 0 bridgehead atoms. The Labute approximate surface area is 95.3 Å². The second kappa shape index (κ2) is 3.96. The molecule has 0 spiro atoms. The van der Waals surface area contributed by atoms with E-state index in [1.165, 1.54) is 0 Å². The Bertz CT molecular complexity index is 396. The Morgan fingerprint density at radius 3 is 2.75 bits per heavy atom. The van der Waals surface area contributed by atoms with Gasteiger partial charge in [0.25, 0.3) is 0 Å². The normalized spacial score (nSPS) is 15.2. The summed E-state index contributed by atoms with van der Waals surface area (Å²) in [6.07, 6.45) is 0. The number of hydrogen-bond acceptors (Lipinski definition) is 4. The van der Waals surface area contributed by atoms with E-state index in [0.717, 1.165) is 22.6 Å². The monoisotopic (exact) mass is 223 g/mol. The van der Waals surface area contributed by atoms with E-state index >= 15 is 0 Å². The summed E-state index contributed by atoms with van der Waals surface area (Å²) in [4.78, 5) is 0. The zero-order valence-corrected chi connectivity index (χ0v) is 9.87. The first-order valence-electron chi connectivity index (χ1n) is 5.24. The average molecular weight is 223 g/mol. The summed E-state index contributed by atoms with van der Waals surface area (Å²) >= 11 is 0. The van der Waals surface area contributed by atoms with Crippen LogP contribution < -0.4 is 15.2 Å². The van der Waals surface area contributed by atoms with Gasteiger partial charge in [0.15, 0.2) is 6.79 Å². The minimum atomic E-state index is -0.485. The summed E-state index contributed by atoms with van der Waals surface area (Å²) in [6.45, 7) is 4.70. The van der Waals surface area contributed by atoms with Gasteiger partial charge < -0.3 is 19.9 Å². The fourth-order valence-corrected chi connectivity index (χ4v) is 2.01. The molecule has 1 aliphatic heterocycles. The highest BCUT2D eigenvalue weighted by Gasteiger charge is 2.27. The molecule has 0 atom stereocenters. The second-order valence-corrected chi connectivity index (χ2v) is 4.45. The molecule has 1 aromatic rings. The molecule has 0 radical (unpaired) electrons. The van der Waals surface area contributed by atoms with Gasteiger partial charge in [-0.3, -0.25) is 0 Å². The summed E-state index contributed by atoms with van der Waals surface area (Å²) in [5.74, 6) is 1.61. The van der Waals surface area contributed by atoms with E-state index in [1.807, 2.05) is 26.0 Å². The summed E-state index contributed by atoms with van der Waals surface area (Å²) < 4.78 is 16.1. The first kappa shape index (κ1) is 11.2. The molecule has 4 heteroatoms. The zero-order chi connectivity index (χ0) is 11.8. The van der Waals surface area contributed by atoms with Crippen molar-refractivity contribution in [3.8, 4) is 11.5 Å². The van der Waals surface area contributed by atoms with Gasteiger partial charge in [0, 0.05) is 16.7 Å². The van der Waals surface area contributed by atoms with Crippen molar-refractivity contribution in [1.82, 2.24) is 0 Å². The van der Waals surface area contributed by atoms with E-state index in [-0.39, 0.29) is 0 Å². The standard InChI is InChI=1S/C12H17NO3/c1-12(2,13)11-8-6-15-7-16-9(8)4-5-10(11)14-3/h4-5H,6-7,13H2,1-3H3. The van der Waals surface area contributed by atoms with Crippen LogP contribution in [0, 0.1) is 0 Å². The number of methoxy groups -OCH3 is 1. The summed E-state index contributed by atoms with van der Waals surface area (Å²) in [6, 6.07) is 3.78. The van der Waals surface area contributed by atoms with E-state index in [0.29, 0.717) is 13.4 Å². The molecule has 1 heterocycles. The third kappa shape index (κ3) is 1.86. The maximum atomic E-state index is 6.17. The molecule has 0 aliphatic carbocycles. The fraction of sp³-hybridized carbons (Fsp3) is 0.500. The van der Waals surface area contributed by atoms with Crippen LogP contribution in [-0.2, 0) is 16.9 Å². The molecule has 0 fully saturated rings. The third-order valence-corrected chi connectivity index (χ3v) is 2.64. The first-order valence-corrected chi connectivity index (χ1v) is 5.24. The number of ether oxygens (including phenoxy) is 3. The van der Waals surface area contributed by atoms with Crippen LogP contribution in [-0.4, -0.2) is 13.9 Å². The number of nitrogens with two attached hydrogens (primary N) is 1. The maximum absolute atomic E-state index is 6.17. The lowest BCUT2D eigenvalue weighted by Crippen LogP contribution is -2.32. The maximum Gasteiger partial charge on any atom is 0.189 e. The van der Waals surface area contributed by atoms with Gasteiger partial charge in [0.05, 0.1) is 13.7 Å². The molecular formula is C12H17NO3. The molecule has 0 unspecified atom stereocenters. The summed E-state index contributed by atoms with van der Waals surface area (Å²) in [5.41, 5.74) is 7.62. The molecule has 1 aromatic carbocycles. The third-order valence-electron chi connectivity index (χ3n) is 2.64. The van der Waals surface area contributed by atoms with Crippen LogP contribution in [0.3, 0.4) is 0 Å². The molecule has 0 amide bonds. The lowest BCUT2D eigenvalue weighted by molar-refractivity contribution is -0.0174. The molecule has 1 aliphatic rings. The number of benzene rings is 1. The van der Waals surface area contributed by atoms with Crippen molar-refractivity contribution in [2.24, 2.45) is 5.73 Å². The quantitative estimate of drug-likeness (QED) is 0.830. The van der Waals surface area contributed by atoms with Crippen LogP contribution in [0.5, 0.6) is 11.5 Å². The molecular weight excluding hydrogens is 206 g/mol. The number of rotatable bonds is 2. The van der Waals surface area contributed by atoms with Gasteiger partial charge in [-0.1, -0.05) is 0 Å². The Morgan fingerprint density at radius 2 is 2.12 bits per heavy atom. The molecule has 0 saturated heterocycles. The van der Waals surface area contributed by atoms with E-state index in [4.69, 9.17) is 19.9 Å². The minimum absolute atomic E-state index is 0.295. The van der Waals surface area contributed by atoms with Gasteiger partial charge in [0.2, 0.25) is 0 Å². The summed E-state index contributed by atoms with van der Waals surface area (Å²) in [7, 11) is 1.64. The number of hydrogen-bond donors (Lipinski definition) is 1. The van der Waals surface area contributed by atoms with Gasteiger partial charge in [-0.15, -0.1) is 0 Å². The molecule has 16 heavy (non-hydrogen) atoms. The average Bonchev–Trinajstić information content (AvgIpc) is 2.26. The van der Waals surface area contributed by atoms with E-state index in [2.05, 4.69) is 0 Å². The zero-order valence-electron chi connectivity index (χ0n) is 9.87. The minimum Gasteiger partial charge on any atom is -0.496 e. The van der Waals surface area contributed by atoms with Crippen molar-refractivity contribution >= 4 is 0 Å². The lowest BCUT2D eigenvalue weighted by Gasteiger charge is -2.29. The smallest absolute Gasteiger partial charge is 0.189 e. The van der Waals surface area contributed by atoms with Crippen LogP contribution in [0.2, 0.25) is 0 Å². The summed E-state index contributed by atoms with van der Waals surface area (Å²) in [5, 5.41) is 0. The van der Waals surface area contributed by atoms with Crippen molar-refractivity contribution < 1.29 is 14.2 Å². The van der Waals surface area contributed by atoms with Gasteiger partial charge >= 0.3 is 0 Å². The molecule has 2 N–H and O–H groups in total. The predicted octanol–water partition coefficient (Wildman–Crippen LogP) is 1.76. The molecule has 0 saturated carbocycles. The van der Waals surface area contributed by atoms with Crippen molar-refractivity contribution in [2.75, 3.05) is 13.9 Å². The van der Waals surface area contributed by atoms with Crippen LogP contribution in [0.15, 0.2) is 12.1 Å². The van der Waals surface area contributed by atoms with Crippen LogP contribution in [0.1, 0.15) is 25.0 Å². The van der Waals surface area contributed by atoms with E-state index in [1.54, 1.807) is 7.11 Å². The van der Waals surface area contributed by atoms with Gasteiger partial charge in [-0.05, 0) is 26.0 Å². The SMILES string of the molecule is COc1ccc2c(c1C(C)(C)N)COCO2. The van der Waals surface area contributed by atoms with Crippen molar-refractivity contribution in [3.63, 3.8) is 0 Å². The van der Waals surface area contributed by atoms with Gasteiger partial charge in [0.1, 0.15) is 11.5 Å². The second-order valence-electron chi connectivity index (χ2n) is 4.45. The lowest BCUT2D eigenvalue weighted by atomic mass is 9.89. The highest BCUT2D eigenvalue weighted by Crippen LogP contribution is 2.38. The Hall–Kier alpha value is -1.26. The van der Waals surface area contributed by atoms with Crippen molar-refractivity contribution in [2.45, 2.75) is 26.0 Å². The fourth-order valence-electron chi connectivity index (χ4n) is 2.01. The highest BCUT2D eigenvalue weighted by molar-refractivity contribution is 5.52. The Kier molecular flexibility index (Phi) is 2.78. The highest BCUT2D eigenvalue weighted by atomic mass is 16.7. The topological polar surface area (TPSA) is 53.7 Å². The van der Waals surface area contributed by atoms with Crippen molar-refractivity contribution in [1.29, 1.82) is 0 Å². The number of fused-ring (bicyclic) bond motifs is 1. The first-order chi connectivity index (χ1) is 7.54. The van der Waals surface area contributed by atoms with Gasteiger partial charge in [-0.2, -0.15) is 0 Å². The molecule has 2 rings (SSSR count). The predicted molar refractivity (Wildman–Crippen MR) is 60.5 cm³/mol. The molecule has 4 nitrogen and oxygen atoms in total. The molecule has 88 valence electrons. The molecule has 0 aromatic heterocycles. The van der Waals surface area contributed by atoms with Crippen LogP contribution >= 0.6 is 0 Å². The largest absolute Gasteiger partial charge is 0.496 e. The van der Waals surface area contributed by atoms with E-state index < -0.39 is 5.54 Å². The van der Waals surface area contributed by atoms with E-state index in [9.17, 15) is 0 Å². The van der Waals surface area contributed by atoms with Crippen molar-refractivity contribution in [3.05, 3.63) is 23.3 Å². The van der Waals surface area contributed by atoms with Crippen LogP contribution in [0.4, 0.5) is 0 Å². The van der Waals surface area contributed by atoms with Crippen LogP contribution in [0.25, 0.3) is 0 Å².